The number of hydrogen-bond donors (Lipinski definition) is 0. The van der Waals surface area contributed by atoms with Crippen molar-refractivity contribution < 1.29 is 0 Å². The predicted octanol–water partition coefficient (Wildman–Crippen LogP) is 1.71. The SMILES string of the molecule is Cl.N#CCc1cncn1C1CC1. The molecule has 0 atom stereocenters. The van der Waals surface area contributed by atoms with E-state index in [-0.39, 0.29) is 12.4 Å². The van der Waals surface area contributed by atoms with E-state index in [1.54, 1.807) is 6.20 Å². The van der Waals surface area contributed by atoms with Crippen molar-refractivity contribution in [2.45, 2.75) is 25.3 Å². The van der Waals surface area contributed by atoms with Crippen LogP contribution in [0, 0.1) is 11.3 Å². The van der Waals surface area contributed by atoms with Crippen LogP contribution in [-0.4, -0.2) is 9.55 Å². The molecule has 2 rings (SSSR count). The summed E-state index contributed by atoms with van der Waals surface area (Å²) in [5.41, 5.74) is 1.05. The van der Waals surface area contributed by atoms with Crippen molar-refractivity contribution in [2.24, 2.45) is 0 Å². The first-order valence-electron chi connectivity index (χ1n) is 3.79. The van der Waals surface area contributed by atoms with Gasteiger partial charge in [-0.05, 0) is 12.8 Å². The zero-order chi connectivity index (χ0) is 7.68. The van der Waals surface area contributed by atoms with Gasteiger partial charge >= 0.3 is 0 Å². The zero-order valence-corrected chi connectivity index (χ0v) is 7.42. The Kier molecular flexibility index (Phi) is 2.72. The Bertz CT molecular complexity index is 295. The average Bonchev–Trinajstić information content (AvgIpc) is 2.75. The lowest BCUT2D eigenvalue weighted by Crippen LogP contribution is -1.97. The zero-order valence-electron chi connectivity index (χ0n) is 6.60. The van der Waals surface area contributed by atoms with Crippen LogP contribution in [0.2, 0.25) is 0 Å². The maximum absolute atomic E-state index is 8.47. The maximum atomic E-state index is 8.47. The molecule has 0 bridgehead atoms. The van der Waals surface area contributed by atoms with Crippen LogP contribution in [0.4, 0.5) is 0 Å². The van der Waals surface area contributed by atoms with Gasteiger partial charge in [0.2, 0.25) is 0 Å². The summed E-state index contributed by atoms with van der Waals surface area (Å²) in [5, 5.41) is 8.47. The number of halogens is 1. The lowest BCUT2D eigenvalue weighted by atomic mass is 10.3. The number of aromatic nitrogens is 2. The number of imidazole rings is 1. The Morgan fingerprint density at radius 1 is 1.67 bits per heavy atom. The Morgan fingerprint density at radius 2 is 2.42 bits per heavy atom. The van der Waals surface area contributed by atoms with Gasteiger partial charge < -0.3 is 4.57 Å². The molecule has 3 nitrogen and oxygen atoms in total. The quantitative estimate of drug-likeness (QED) is 0.701. The number of nitrogens with zero attached hydrogens (tertiary/aromatic N) is 3. The molecule has 1 saturated carbocycles. The summed E-state index contributed by atoms with van der Waals surface area (Å²) in [4.78, 5) is 4.01. The third kappa shape index (κ3) is 1.59. The lowest BCUT2D eigenvalue weighted by Gasteiger charge is -2.00. The first kappa shape index (κ1) is 9.08. The van der Waals surface area contributed by atoms with Crippen molar-refractivity contribution in [1.82, 2.24) is 9.55 Å². The molecule has 0 N–H and O–H groups in total. The first-order valence-corrected chi connectivity index (χ1v) is 3.79. The molecule has 1 aliphatic carbocycles. The molecule has 64 valence electrons. The van der Waals surface area contributed by atoms with Gasteiger partial charge in [-0.3, -0.25) is 0 Å². The molecular formula is C8H10ClN3. The minimum absolute atomic E-state index is 0. The summed E-state index contributed by atoms with van der Waals surface area (Å²) in [5.74, 6) is 0. The second-order valence-corrected chi connectivity index (χ2v) is 2.86. The van der Waals surface area contributed by atoms with Crippen LogP contribution < -0.4 is 0 Å². The first-order chi connectivity index (χ1) is 5.42. The highest BCUT2D eigenvalue weighted by Gasteiger charge is 2.24. The Hall–Kier alpha value is -1.01. The lowest BCUT2D eigenvalue weighted by molar-refractivity contribution is 0.708. The molecule has 1 aliphatic rings. The van der Waals surface area contributed by atoms with Crippen LogP contribution in [-0.2, 0) is 6.42 Å². The Morgan fingerprint density at radius 3 is 3.00 bits per heavy atom. The average molecular weight is 184 g/mol. The van der Waals surface area contributed by atoms with Crippen LogP contribution in [0.5, 0.6) is 0 Å². The number of hydrogen-bond acceptors (Lipinski definition) is 2. The third-order valence-electron chi connectivity index (χ3n) is 1.95. The van der Waals surface area contributed by atoms with Gasteiger partial charge in [0.1, 0.15) is 0 Å². The summed E-state index contributed by atoms with van der Waals surface area (Å²) in [7, 11) is 0. The fourth-order valence-electron chi connectivity index (χ4n) is 1.23. The maximum Gasteiger partial charge on any atom is 0.0951 e. The van der Waals surface area contributed by atoms with E-state index >= 15 is 0 Å². The van der Waals surface area contributed by atoms with Crippen LogP contribution in [0.1, 0.15) is 24.6 Å². The molecule has 0 amide bonds. The van der Waals surface area contributed by atoms with E-state index in [2.05, 4.69) is 15.6 Å². The van der Waals surface area contributed by atoms with Crippen molar-refractivity contribution in [1.29, 1.82) is 5.26 Å². The van der Waals surface area contributed by atoms with Crippen LogP contribution in [0.3, 0.4) is 0 Å². The molecular weight excluding hydrogens is 174 g/mol. The Labute approximate surface area is 77.4 Å². The summed E-state index contributed by atoms with van der Waals surface area (Å²) in [6, 6.07) is 2.77. The highest BCUT2D eigenvalue weighted by Crippen LogP contribution is 2.35. The van der Waals surface area contributed by atoms with E-state index in [0.29, 0.717) is 12.5 Å². The van der Waals surface area contributed by atoms with Gasteiger partial charge in [0.25, 0.3) is 0 Å². The highest BCUT2D eigenvalue weighted by molar-refractivity contribution is 5.85. The fraction of sp³-hybridized carbons (Fsp3) is 0.500. The molecule has 0 aliphatic heterocycles. The number of rotatable bonds is 2. The summed E-state index contributed by atoms with van der Waals surface area (Å²) in [6.45, 7) is 0. The molecule has 0 saturated heterocycles. The normalized spacial score (nSPS) is 14.9. The second-order valence-electron chi connectivity index (χ2n) is 2.86. The number of nitriles is 1. The van der Waals surface area contributed by atoms with Gasteiger partial charge in [0, 0.05) is 12.2 Å². The molecule has 0 unspecified atom stereocenters. The highest BCUT2D eigenvalue weighted by atomic mass is 35.5. The summed E-state index contributed by atoms with van der Waals surface area (Å²) in [6.07, 6.45) is 6.58. The smallest absolute Gasteiger partial charge is 0.0951 e. The third-order valence-corrected chi connectivity index (χ3v) is 1.95. The second kappa shape index (κ2) is 3.59. The van der Waals surface area contributed by atoms with Crippen LogP contribution in [0.15, 0.2) is 12.5 Å². The predicted molar refractivity (Wildman–Crippen MR) is 47.1 cm³/mol. The molecule has 0 spiro atoms. The van der Waals surface area contributed by atoms with Crippen molar-refractivity contribution >= 4 is 12.4 Å². The fourth-order valence-corrected chi connectivity index (χ4v) is 1.23. The van der Waals surface area contributed by atoms with Gasteiger partial charge in [0.15, 0.2) is 0 Å². The van der Waals surface area contributed by atoms with E-state index in [1.165, 1.54) is 12.8 Å². The Balaban J connectivity index is 0.000000720. The molecule has 12 heavy (non-hydrogen) atoms. The van der Waals surface area contributed by atoms with E-state index in [0.717, 1.165) is 5.69 Å². The van der Waals surface area contributed by atoms with E-state index in [9.17, 15) is 0 Å². The monoisotopic (exact) mass is 183 g/mol. The molecule has 1 aromatic heterocycles. The molecule has 0 radical (unpaired) electrons. The van der Waals surface area contributed by atoms with Crippen molar-refractivity contribution in [3.05, 3.63) is 18.2 Å². The van der Waals surface area contributed by atoms with Gasteiger partial charge in [-0.1, -0.05) is 0 Å². The van der Waals surface area contributed by atoms with Crippen molar-refractivity contribution in [3.8, 4) is 6.07 Å². The van der Waals surface area contributed by atoms with E-state index in [1.807, 2.05) is 6.33 Å². The van der Waals surface area contributed by atoms with Crippen molar-refractivity contribution in [3.63, 3.8) is 0 Å². The van der Waals surface area contributed by atoms with Crippen LogP contribution in [0.25, 0.3) is 0 Å². The van der Waals surface area contributed by atoms with Gasteiger partial charge in [-0.25, -0.2) is 4.98 Å². The van der Waals surface area contributed by atoms with Crippen molar-refractivity contribution in [2.75, 3.05) is 0 Å². The van der Waals surface area contributed by atoms with Gasteiger partial charge in [-0.15, -0.1) is 12.4 Å². The standard InChI is InChI=1S/C8H9N3.ClH/c9-4-3-8-5-10-6-11(8)7-1-2-7;/h5-7H,1-3H2;1H. The molecule has 1 heterocycles. The molecule has 1 fully saturated rings. The molecule has 0 aromatic carbocycles. The molecule has 4 heteroatoms. The van der Waals surface area contributed by atoms with Gasteiger partial charge in [0.05, 0.1) is 24.5 Å². The van der Waals surface area contributed by atoms with Gasteiger partial charge in [-0.2, -0.15) is 5.26 Å². The minimum Gasteiger partial charge on any atom is -0.331 e. The van der Waals surface area contributed by atoms with Crippen LogP contribution >= 0.6 is 12.4 Å². The van der Waals surface area contributed by atoms with E-state index < -0.39 is 0 Å². The topological polar surface area (TPSA) is 41.6 Å². The summed E-state index contributed by atoms with van der Waals surface area (Å²) < 4.78 is 2.11. The minimum atomic E-state index is 0. The largest absolute Gasteiger partial charge is 0.331 e. The molecule has 1 aromatic rings. The summed E-state index contributed by atoms with van der Waals surface area (Å²) >= 11 is 0. The van der Waals surface area contributed by atoms with E-state index in [4.69, 9.17) is 5.26 Å².